The molecule has 3 aromatic heterocycles. The van der Waals surface area contributed by atoms with E-state index < -0.39 is 0 Å². The molecule has 0 aromatic carbocycles. The number of hydrogen-bond acceptors (Lipinski definition) is 8. The van der Waals surface area contributed by atoms with Crippen molar-refractivity contribution in [1.82, 2.24) is 20.2 Å². The molecular formula is C20H24N4O3S2. The van der Waals surface area contributed by atoms with Gasteiger partial charge in [-0.15, -0.1) is 22.7 Å². The molecule has 1 amide bonds. The van der Waals surface area contributed by atoms with Crippen LogP contribution >= 0.6 is 22.7 Å². The number of fused-ring (bicyclic) bond motifs is 1. The molecule has 1 N–H and O–H groups in total. The molecule has 1 atom stereocenters. The summed E-state index contributed by atoms with van der Waals surface area (Å²) in [7, 11) is 1.62. The number of thiazole rings is 1. The van der Waals surface area contributed by atoms with Crippen LogP contribution in [0.1, 0.15) is 31.2 Å². The van der Waals surface area contributed by atoms with Crippen molar-refractivity contribution < 1.29 is 14.3 Å². The van der Waals surface area contributed by atoms with Gasteiger partial charge < -0.3 is 14.8 Å². The molecule has 0 bridgehead atoms. The lowest BCUT2D eigenvalue weighted by molar-refractivity contribution is -0.0320. The number of thiophene rings is 1. The third-order valence-corrected chi connectivity index (χ3v) is 6.85. The number of ether oxygens (including phenoxy) is 2. The van der Waals surface area contributed by atoms with E-state index in [2.05, 4.69) is 20.2 Å². The molecular weight excluding hydrogens is 408 g/mol. The molecule has 0 spiro atoms. The van der Waals surface area contributed by atoms with Gasteiger partial charge in [-0.3, -0.25) is 9.69 Å². The molecule has 0 unspecified atom stereocenters. The Morgan fingerprint density at radius 1 is 1.41 bits per heavy atom. The monoisotopic (exact) mass is 432 g/mol. The highest BCUT2D eigenvalue weighted by molar-refractivity contribution is 7.20. The summed E-state index contributed by atoms with van der Waals surface area (Å²) in [5.41, 5.74) is 0.943. The average molecular weight is 433 g/mol. The highest BCUT2D eigenvalue weighted by Crippen LogP contribution is 2.37. The molecule has 4 rings (SSSR count). The highest BCUT2D eigenvalue weighted by Gasteiger charge is 2.30. The van der Waals surface area contributed by atoms with Crippen molar-refractivity contribution in [2.24, 2.45) is 0 Å². The van der Waals surface area contributed by atoms with E-state index >= 15 is 0 Å². The number of rotatable bonds is 7. The first kappa shape index (κ1) is 20.4. The summed E-state index contributed by atoms with van der Waals surface area (Å²) >= 11 is 3.15. The van der Waals surface area contributed by atoms with E-state index in [0.29, 0.717) is 24.6 Å². The van der Waals surface area contributed by atoms with Gasteiger partial charge >= 0.3 is 0 Å². The molecule has 9 heteroatoms. The number of hydrogen-bond donors (Lipinski definition) is 1. The van der Waals surface area contributed by atoms with E-state index in [-0.39, 0.29) is 12.0 Å². The number of morpholine rings is 1. The van der Waals surface area contributed by atoms with E-state index in [4.69, 9.17) is 9.47 Å². The quantitative estimate of drug-likeness (QED) is 0.579. The van der Waals surface area contributed by atoms with Crippen LogP contribution < -0.4 is 5.32 Å². The van der Waals surface area contributed by atoms with Gasteiger partial charge in [0.25, 0.3) is 5.91 Å². The summed E-state index contributed by atoms with van der Waals surface area (Å²) in [5.74, 6) is -0.0983. The van der Waals surface area contributed by atoms with Crippen LogP contribution in [0.15, 0.2) is 24.5 Å². The Morgan fingerprint density at radius 3 is 3.10 bits per heavy atom. The predicted octanol–water partition coefficient (Wildman–Crippen LogP) is 3.01. The zero-order valence-electron chi connectivity index (χ0n) is 16.5. The number of nitrogens with zero attached hydrogens (tertiary/aromatic N) is 3. The van der Waals surface area contributed by atoms with Crippen molar-refractivity contribution >= 4 is 38.8 Å². The van der Waals surface area contributed by atoms with Crippen LogP contribution in [0.25, 0.3) is 10.2 Å². The molecule has 3 aromatic rings. The third-order valence-electron chi connectivity index (χ3n) is 4.82. The van der Waals surface area contributed by atoms with E-state index in [9.17, 15) is 4.79 Å². The normalized spacial score (nSPS) is 17.7. The van der Waals surface area contributed by atoms with Crippen molar-refractivity contribution in [3.05, 3.63) is 44.9 Å². The second-order valence-electron chi connectivity index (χ2n) is 6.89. The molecule has 1 aliphatic heterocycles. The summed E-state index contributed by atoms with van der Waals surface area (Å²) < 4.78 is 11.2. The first-order valence-electron chi connectivity index (χ1n) is 9.55. The summed E-state index contributed by atoms with van der Waals surface area (Å²) in [4.78, 5) is 26.8. The first-order chi connectivity index (χ1) is 14.2. The third kappa shape index (κ3) is 4.65. The van der Waals surface area contributed by atoms with Gasteiger partial charge in [0.2, 0.25) is 0 Å². The van der Waals surface area contributed by atoms with Crippen LogP contribution in [0, 0.1) is 6.92 Å². The van der Waals surface area contributed by atoms with Crippen LogP contribution in [0.3, 0.4) is 0 Å². The molecule has 29 heavy (non-hydrogen) atoms. The van der Waals surface area contributed by atoms with Crippen molar-refractivity contribution in [2.75, 3.05) is 40.0 Å². The van der Waals surface area contributed by atoms with Crippen LogP contribution in [-0.4, -0.2) is 60.7 Å². The van der Waals surface area contributed by atoms with Crippen molar-refractivity contribution in [2.45, 2.75) is 19.6 Å². The Hall–Kier alpha value is -1.91. The molecule has 0 saturated carbocycles. The summed E-state index contributed by atoms with van der Waals surface area (Å²) in [6.07, 6.45) is 3.54. The van der Waals surface area contributed by atoms with Gasteiger partial charge in [-0.2, -0.15) is 0 Å². The maximum Gasteiger partial charge on any atom is 0.261 e. The first-order valence-corrected chi connectivity index (χ1v) is 11.2. The largest absolute Gasteiger partial charge is 0.383 e. The predicted molar refractivity (Wildman–Crippen MR) is 115 cm³/mol. The number of carbonyl (C=O) groups excluding carboxylic acids is 1. The minimum absolute atomic E-state index is 0.0983. The van der Waals surface area contributed by atoms with Gasteiger partial charge in [-0.1, -0.05) is 6.07 Å². The van der Waals surface area contributed by atoms with Crippen molar-refractivity contribution in [3.8, 4) is 0 Å². The zero-order chi connectivity index (χ0) is 20.2. The molecule has 0 radical (unpaired) electrons. The summed E-state index contributed by atoms with van der Waals surface area (Å²) in [5, 5.41) is 5.01. The lowest BCUT2D eigenvalue weighted by atomic mass is 10.0. The lowest BCUT2D eigenvalue weighted by Gasteiger charge is -2.33. The number of aromatic nitrogens is 2. The van der Waals surface area contributed by atoms with Crippen molar-refractivity contribution in [1.29, 1.82) is 0 Å². The van der Waals surface area contributed by atoms with Gasteiger partial charge in [0, 0.05) is 61.5 Å². The topological polar surface area (TPSA) is 76.6 Å². The fraction of sp³-hybridized carbons (Fsp3) is 0.450. The van der Waals surface area contributed by atoms with Crippen LogP contribution in [0.2, 0.25) is 0 Å². The SMILES string of the molecule is COCCNC(=O)c1sc2ncccc2c1[C@@H]1CN(Cc2cnc(C)s2)CCO1. The molecule has 7 nitrogen and oxygen atoms in total. The van der Waals surface area contributed by atoms with Gasteiger partial charge in [0.05, 0.1) is 24.3 Å². The minimum atomic E-state index is -0.168. The number of amides is 1. The Labute approximate surface area is 177 Å². The Kier molecular flexibility index (Phi) is 6.51. The number of pyridine rings is 1. The second kappa shape index (κ2) is 9.27. The van der Waals surface area contributed by atoms with E-state index in [1.165, 1.54) is 16.2 Å². The van der Waals surface area contributed by atoms with E-state index in [1.54, 1.807) is 24.6 Å². The van der Waals surface area contributed by atoms with Gasteiger partial charge in [0.15, 0.2) is 0 Å². The molecule has 1 fully saturated rings. The Morgan fingerprint density at radius 2 is 2.31 bits per heavy atom. The molecule has 1 aliphatic rings. The van der Waals surface area contributed by atoms with E-state index in [1.807, 2.05) is 25.3 Å². The number of carbonyl (C=O) groups is 1. The smallest absolute Gasteiger partial charge is 0.261 e. The molecule has 1 saturated heterocycles. The maximum atomic E-state index is 12.9. The number of methoxy groups -OCH3 is 1. The Bertz CT molecular complexity index is 987. The molecule has 4 heterocycles. The van der Waals surface area contributed by atoms with Gasteiger partial charge in [-0.25, -0.2) is 9.97 Å². The van der Waals surface area contributed by atoms with E-state index in [0.717, 1.165) is 40.4 Å². The highest BCUT2D eigenvalue weighted by atomic mass is 32.1. The number of nitrogens with one attached hydrogen (secondary N) is 1. The van der Waals surface area contributed by atoms with Gasteiger partial charge in [-0.05, 0) is 13.0 Å². The lowest BCUT2D eigenvalue weighted by Crippen LogP contribution is -2.38. The van der Waals surface area contributed by atoms with Crippen LogP contribution in [-0.2, 0) is 16.0 Å². The molecule has 0 aliphatic carbocycles. The maximum absolute atomic E-state index is 12.9. The number of aryl methyl sites for hydroxylation is 1. The van der Waals surface area contributed by atoms with Crippen LogP contribution in [0.4, 0.5) is 0 Å². The second-order valence-corrected chi connectivity index (χ2v) is 9.21. The zero-order valence-corrected chi connectivity index (χ0v) is 18.1. The van der Waals surface area contributed by atoms with Crippen molar-refractivity contribution in [3.63, 3.8) is 0 Å². The molecule has 154 valence electrons. The fourth-order valence-electron chi connectivity index (χ4n) is 3.51. The average Bonchev–Trinajstić information content (AvgIpc) is 3.31. The fourth-order valence-corrected chi connectivity index (χ4v) is 5.45. The summed E-state index contributed by atoms with van der Waals surface area (Å²) in [6, 6.07) is 3.93. The summed E-state index contributed by atoms with van der Waals surface area (Å²) in [6.45, 7) is 6.05. The minimum Gasteiger partial charge on any atom is -0.383 e. The van der Waals surface area contributed by atoms with Gasteiger partial charge in [0.1, 0.15) is 9.71 Å². The Balaban J connectivity index is 1.59. The van der Waals surface area contributed by atoms with Crippen LogP contribution in [0.5, 0.6) is 0 Å². The standard InChI is InChI=1S/C20H24N4O3S2/c1-13-23-10-14(28-13)11-24-7-9-27-16(12-24)17-15-4-3-5-22-20(15)29-18(17)19(25)21-6-8-26-2/h3-5,10,16H,6-9,11-12H2,1-2H3,(H,21,25)/t16-/m0/s1.